The molecule has 702 valence electrons. The van der Waals surface area contributed by atoms with E-state index in [0.29, 0.717) is 29.6 Å². The minimum Gasteiger partial charge on any atom is -0.372 e. The van der Waals surface area contributed by atoms with Gasteiger partial charge in [-0.25, -0.2) is 0 Å². The fraction of sp³-hybridized carbons (Fsp3) is 0.232. The van der Waals surface area contributed by atoms with Gasteiger partial charge in [-0.15, -0.1) is 119 Å². The van der Waals surface area contributed by atoms with Crippen molar-refractivity contribution in [3.05, 3.63) is 376 Å². The number of anilines is 1. The van der Waals surface area contributed by atoms with Gasteiger partial charge in [0.2, 0.25) is 0 Å². The smallest absolute Gasteiger partial charge is 0.0639 e. The molecule has 14 aromatic carbocycles. The summed E-state index contributed by atoms with van der Waals surface area (Å²) >= 11 is 0. The van der Waals surface area contributed by atoms with Crippen molar-refractivity contribution in [1.82, 2.24) is 37.5 Å². The van der Waals surface area contributed by atoms with Gasteiger partial charge in [-0.2, -0.15) is 0 Å². The van der Waals surface area contributed by atoms with Crippen LogP contribution in [-0.4, -0.2) is 50.6 Å². The van der Waals surface area contributed by atoms with E-state index in [2.05, 4.69) is 415 Å². The third-order valence-corrected chi connectivity index (χ3v) is 28.4. The summed E-state index contributed by atoms with van der Waals surface area (Å²) in [6.07, 6.45) is 12.1. The number of piperidine rings is 1. The SMILES string of the molecule is Cc1cc2c3ccc[c-]c3c3ncc(-c4c(C(C)C)cc(-c5ccccc5)cc4C(C)C)n3c2cc1C.Cc1cc2c3ccc[c-]c3c3ncc(-c4c(C)cc(-c5ccccc5)cc4C)n3c2cc1C.Cc1ccc2c(c1)c1ccc[c-]c1c1ncc(-c3c(C(C)C)cc(C(C)C)cc3C(C)C)n21.Cc1cccc(C)c1-c1cnc2c3[c-]cccc3c3cc(N4CCCCC4)ccc3n12.[Ir].[Ir].[Ir].[Ir]. The Morgan fingerprint density at radius 3 is 0.971 bits per heavy atom. The number of hydrogen-bond donors (Lipinski definition) is 0. The van der Waals surface area contributed by atoms with Gasteiger partial charge in [0.05, 0.1) is 45.4 Å². The third kappa shape index (κ3) is 18.0. The summed E-state index contributed by atoms with van der Waals surface area (Å²) in [4.78, 5) is 22.4. The van der Waals surface area contributed by atoms with E-state index in [-0.39, 0.29) is 80.4 Å². The number of fused-ring (bicyclic) bond motifs is 24. The molecule has 0 spiro atoms. The van der Waals surface area contributed by atoms with E-state index in [1.165, 1.54) is 218 Å². The predicted molar refractivity (Wildman–Crippen MR) is 568 cm³/mol. The molecule has 13 heteroatoms. The van der Waals surface area contributed by atoms with Crippen molar-refractivity contribution in [3.8, 4) is 67.3 Å². The summed E-state index contributed by atoms with van der Waals surface area (Å²) in [7, 11) is 0. The van der Waals surface area contributed by atoms with Crippen LogP contribution in [0.5, 0.6) is 0 Å². The standard InChI is InChI=1S/C35H33N2.C31H25N2.C31H33N2.C28H26N3.4Ir/c1-21(2)29-18-26(25-12-8-7-9-13-25)19-30(22(3)4)34(29)33-20-36-35-28-15-11-10-14-27(28)31-16-23(5)24(6)17-32(31)37(33)35;1-19-16-27-25-12-8-9-13-26(25)31-32-18-29(33(31)28(27)17-20(19)2)30-21(3)14-24(15-22(30)4)23-10-6-5-7-11-23;1-18(2)22-15-25(19(3)4)30(26(16-22)20(5)6)29-17-32-31-24-11-9-8-10-23(24)27-14-21(7)12-13-28(27)33(29)31;1-19-9-8-10-20(2)27(19)26-18-29-28-23-12-5-4-11-22(23)24-17-21(13-14-25(24)31(26)28)30-15-6-3-7-16-30;;;;/h7-14,16-22H,1-6H3;5-12,14-18H,1-4H3;8-10,12-20H,1-7H3;4-5,8-11,13-14,17-18H,3,6-7,15-16H2,1-2H3;;;;/q4*-1;;;;. The van der Waals surface area contributed by atoms with Crippen LogP contribution in [0.25, 0.3) is 177 Å². The van der Waals surface area contributed by atoms with Crippen molar-refractivity contribution in [2.24, 2.45) is 0 Å². The van der Waals surface area contributed by atoms with Crippen LogP contribution in [0.3, 0.4) is 0 Å². The number of hydrogen-bond acceptors (Lipinski definition) is 5. The molecule has 0 unspecified atom stereocenters. The minimum atomic E-state index is 0. The second-order valence-electron chi connectivity index (χ2n) is 39.1. The minimum absolute atomic E-state index is 0. The van der Waals surface area contributed by atoms with Gasteiger partial charge in [0.25, 0.3) is 0 Å². The van der Waals surface area contributed by atoms with Crippen LogP contribution in [-0.2, 0) is 80.4 Å². The summed E-state index contributed by atoms with van der Waals surface area (Å²) in [5.74, 6) is 2.07. The number of aryl methyl sites for hydroxylation is 9. The number of aromatic nitrogens is 8. The van der Waals surface area contributed by atoms with Gasteiger partial charge in [0, 0.05) is 168 Å². The van der Waals surface area contributed by atoms with Crippen molar-refractivity contribution in [2.45, 2.75) is 180 Å². The largest absolute Gasteiger partial charge is 0.372 e. The van der Waals surface area contributed by atoms with Gasteiger partial charge in [-0.05, 0) is 264 Å². The molecule has 1 saturated heterocycles. The van der Waals surface area contributed by atoms with Gasteiger partial charge < -0.3 is 22.5 Å². The maximum Gasteiger partial charge on any atom is 0.0639 e. The van der Waals surface area contributed by atoms with E-state index in [9.17, 15) is 0 Å². The Balaban J connectivity index is 0.000000132. The molecular weight excluding hydrogens is 2400 g/mol. The van der Waals surface area contributed by atoms with Gasteiger partial charge in [0.1, 0.15) is 0 Å². The summed E-state index contributed by atoms with van der Waals surface area (Å²) in [5, 5.41) is 14.2. The molecule has 1 aliphatic rings. The molecule has 0 aliphatic carbocycles. The van der Waals surface area contributed by atoms with E-state index in [1.54, 1.807) is 0 Å². The van der Waals surface area contributed by atoms with Crippen LogP contribution in [0.4, 0.5) is 5.69 Å². The van der Waals surface area contributed by atoms with Crippen LogP contribution < -0.4 is 4.90 Å². The zero-order chi connectivity index (χ0) is 92.9. The van der Waals surface area contributed by atoms with Crippen LogP contribution in [0.15, 0.2) is 274 Å². The quantitative estimate of drug-likeness (QED) is 0.0900. The van der Waals surface area contributed by atoms with Gasteiger partial charge in [-0.3, -0.25) is 19.9 Å². The number of benzene rings is 14. The average Bonchev–Trinajstić information content (AvgIpc) is 1.54. The Hall–Kier alpha value is -11.7. The first-order valence-corrected chi connectivity index (χ1v) is 48.1. The van der Waals surface area contributed by atoms with Crippen molar-refractivity contribution >= 4 is 115 Å². The van der Waals surface area contributed by atoms with Crippen LogP contribution in [0.1, 0.15) is 196 Å². The molecule has 138 heavy (non-hydrogen) atoms. The van der Waals surface area contributed by atoms with E-state index in [1.807, 2.05) is 36.7 Å². The van der Waals surface area contributed by atoms with E-state index >= 15 is 0 Å². The summed E-state index contributed by atoms with van der Waals surface area (Å²) < 4.78 is 9.42. The van der Waals surface area contributed by atoms with Crippen molar-refractivity contribution in [3.63, 3.8) is 0 Å². The molecule has 9 heterocycles. The van der Waals surface area contributed by atoms with Crippen molar-refractivity contribution in [1.29, 1.82) is 0 Å². The third-order valence-electron chi connectivity index (χ3n) is 28.4. The van der Waals surface area contributed by atoms with E-state index in [4.69, 9.17) is 19.9 Å². The van der Waals surface area contributed by atoms with Crippen LogP contribution in [0.2, 0.25) is 0 Å². The predicted octanol–water partition coefficient (Wildman–Crippen LogP) is 33.1. The maximum absolute atomic E-state index is 5.04. The zero-order valence-electron chi connectivity index (χ0n) is 82.3. The zero-order valence-corrected chi connectivity index (χ0v) is 91.8. The second-order valence-corrected chi connectivity index (χ2v) is 39.1. The molecule has 4 radical (unpaired) electrons. The first-order valence-electron chi connectivity index (χ1n) is 48.1. The fourth-order valence-electron chi connectivity index (χ4n) is 21.3. The van der Waals surface area contributed by atoms with Gasteiger partial charge >= 0.3 is 0 Å². The first-order chi connectivity index (χ1) is 64.9. The van der Waals surface area contributed by atoms with Crippen LogP contribution >= 0.6 is 0 Å². The summed E-state index contributed by atoms with van der Waals surface area (Å²) in [6, 6.07) is 104. The molecule has 1 fully saturated rings. The number of pyridine rings is 4. The van der Waals surface area contributed by atoms with E-state index in [0.717, 1.165) is 74.3 Å². The average molecular weight is 2510 g/mol. The summed E-state index contributed by atoms with van der Waals surface area (Å²) in [5.41, 5.74) is 43.3. The Morgan fingerprint density at radius 2 is 0.587 bits per heavy atom. The molecule has 8 aromatic heterocycles. The second kappa shape index (κ2) is 41.0. The van der Waals surface area contributed by atoms with Gasteiger partial charge in [-0.1, -0.05) is 236 Å². The normalized spacial score (nSPS) is 12.2. The molecular formula is C125H117Ir4N9-4. The molecule has 0 atom stereocenters. The molecule has 0 bridgehead atoms. The molecule has 22 aromatic rings. The molecule has 0 amide bonds. The fourth-order valence-corrected chi connectivity index (χ4v) is 21.3. The topological polar surface area (TPSA) is 72.4 Å². The number of rotatable bonds is 12. The first kappa shape index (κ1) is 99.3. The molecule has 23 rings (SSSR count). The monoisotopic (exact) mass is 2520 g/mol. The van der Waals surface area contributed by atoms with Crippen molar-refractivity contribution in [2.75, 3.05) is 18.0 Å². The van der Waals surface area contributed by atoms with E-state index < -0.39 is 0 Å². The number of imidazole rings is 4. The Labute approximate surface area is 866 Å². The Bertz CT molecular complexity index is 8290. The molecule has 1 aliphatic heterocycles. The van der Waals surface area contributed by atoms with Gasteiger partial charge in [0.15, 0.2) is 0 Å². The van der Waals surface area contributed by atoms with Crippen molar-refractivity contribution < 1.29 is 80.4 Å². The Morgan fingerprint density at radius 1 is 0.254 bits per heavy atom. The molecule has 0 N–H and O–H groups in total. The van der Waals surface area contributed by atoms with Crippen LogP contribution in [0, 0.1) is 86.6 Å². The maximum atomic E-state index is 5.04. The molecule has 9 nitrogen and oxygen atoms in total. The summed E-state index contributed by atoms with van der Waals surface area (Å²) in [6.45, 7) is 45.0. The number of nitrogens with zero attached hydrogens (tertiary/aromatic N) is 9. The Kier molecular flexibility index (Phi) is 29.5. The molecule has 0 saturated carbocycles.